The van der Waals surface area contributed by atoms with Crippen molar-refractivity contribution >= 4 is 23.6 Å². The fourth-order valence-electron chi connectivity index (χ4n) is 1.00. The van der Waals surface area contributed by atoms with E-state index >= 15 is 0 Å². The molecular weight excluding hydrogens is 180 g/mol. The van der Waals surface area contributed by atoms with Gasteiger partial charge in [-0.1, -0.05) is 13.8 Å². The molecule has 0 aliphatic carbocycles. The second kappa shape index (κ2) is 6.00. The van der Waals surface area contributed by atoms with Crippen molar-refractivity contribution in [1.29, 1.82) is 0 Å². The molecule has 1 unspecified atom stereocenters. The summed E-state index contributed by atoms with van der Waals surface area (Å²) in [5.74, 6) is -1.41. The molecule has 0 fully saturated rings. The van der Waals surface area contributed by atoms with Gasteiger partial charge in [-0.25, -0.2) is 4.79 Å². The van der Waals surface area contributed by atoms with Crippen molar-refractivity contribution in [2.24, 2.45) is 5.92 Å². The maximum Gasteiger partial charge on any atom is 0.335 e. The van der Waals surface area contributed by atoms with E-state index in [0.717, 1.165) is 6.42 Å². The first-order valence-corrected chi connectivity index (χ1v) is 4.33. The lowest BCUT2D eigenvalue weighted by atomic mass is 9.98. The molecule has 0 aliphatic rings. The molecule has 0 aliphatic heterocycles. The van der Waals surface area contributed by atoms with Crippen molar-refractivity contribution in [3.8, 4) is 0 Å². The molecule has 0 bridgehead atoms. The molecule has 1 atom stereocenters. The monoisotopic (exact) mass is 192 g/mol. The molecule has 0 heterocycles. The zero-order valence-corrected chi connectivity index (χ0v) is 8.06. The van der Waals surface area contributed by atoms with Crippen LogP contribution < -0.4 is 0 Å². The van der Waals surface area contributed by atoms with Gasteiger partial charge in [0.15, 0.2) is 0 Å². The second-order valence-electron chi connectivity index (χ2n) is 2.57. The van der Waals surface area contributed by atoms with Gasteiger partial charge in [0.05, 0.1) is 0 Å². The molecule has 0 spiro atoms. The number of ketones is 1. The van der Waals surface area contributed by atoms with Gasteiger partial charge in [-0.3, -0.25) is 4.79 Å². The largest absolute Gasteiger partial charge is 0.347 e. The van der Waals surface area contributed by atoms with Crippen LogP contribution in [-0.2, 0) is 13.9 Å². The lowest BCUT2D eigenvalue weighted by Crippen LogP contribution is -2.23. The Morgan fingerprint density at radius 1 is 1.42 bits per heavy atom. The third-order valence-corrected chi connectivity index (χ3v) is 1.81. The number of halogens is 1. The fraction of sp³-hybridized carbons (Fsp3) is 0.750. The van der Waals surface area contributed by atoms with Gasteiger partial charge in [0, 0.05) is 6.42 Å². The molecule has 70 valence electrons. The number of rotatable bonds is 5. The van der Waals surface area contributed by atoms with Crippen LogP contribution in [0.15, 0.2) is 0 Å². The fourth-order valence-corrected chi connectivity index (χ4v) is 1.11. The maximum absolute atomic E-state index is 11.2. The molecule has 0 saturated carbocycles. The Morgan fingerprint density at radius 3 is 2.33 bits per heavy atom. The van der Waals surface area contributed by atoms with E-state index in [2.05, 4.69) is 4.29 Å². The predicted molar refractivity (Wildman–Crippen MR) is 45.6 cm³/mol. The highest BCUT2D eigenvalue weighted by atomic mass is 35.5. The average Bonchev–Trinajstić information content (AvgIpc) is 2.06. The van der Waals surface area contributed by atoms with Gasteiger partial charge in [-0.15, -0.1) is 0 Å². The Bertz CT molecular complexity index is 168. The Kier molecular flexibility index (Phi) is 5.72. The second-order valence-corrected chi connectivity index (χ2v) is 2.73. The third kappa shape index (κ3) is 3.22. The lowest BCUT2D eigenvalue weighted by Gasteiger charge is -2.07. The summed E-state index contributed by atoms with van der Waals surface area (Å²) in [6.45, 7) is 3.64. The zero-order chi connectivity index (χ0) is 9.56. The molecule has 0 aromatic rings. The topological polar surface area (TPSA) is 43.4 Å². The van der Waals surface area contributed by atoms with E-state index in [0.29, 0.717) is 12.8 Å². The Labute approximate surface area is 77.2 Å². The minimum Gasteiger partial charge on any atom is -0.347 e. The first-order valence-electron chi connectivity index (χ1n) is 4.02. The molecule has 0 amide bonds. The van der Waals surface area contributed by atoms with E-state index < -0.39 is 11.9 Å². The van der Waals surface area contributed by atoms with Crippen LogP contribution in [-0.4, -0.2) is 11.8 Å². The summed E-state index contributed by atoms with van der Waals surface area (Å²) in [6.07, 6.45) is 1.60. The van der Waals surface area contributed by atoms with E-state index in [9.17, 15) is 9.59 Å². The maximum atomic E-state index is 11.2. The van der Waals surface area contributed by atoms with Crippen molar-refractivity contribution in [3.05, 3.63) is 0 Å². The van der Waals surface area contributed by atoms with Gasteiger partial charge < -0.3 is 4.29 Å². The van der Waals surface area contributed by atoms with E-state index in [-0.39, 0.29) is 5.78 Å². The van der Waals surface area contributed by atoms with Crippen molar-refractivity contribution in [2.75, 3.05) is 0 Å². The molecule has 3 nitrogen and oxygen atoms in total. The SMILES string of the molecule is CCCC(=O)C(CC)C(=O)OCl. The smallest absolute Gasteiger partial charge is 0.335 e. The van der Waals surface area contributed by atoms with Crippen LogP contribution in [0.2, 0.25) is 0 Å². The number of carbonyl (C=O) groups excluding carboxylic acids is 2. The average molecular weight is 193 g/mol. The van der Waals surface area contributed by atoms with Gasteiger partial charge >= 0.3 is 5.97 Å². The van der Waals surface area contributed by atoms with Gasteiger partial charge in [0.1, 0.15) is 23.6 Å². The predicted octanol–water partition coefficient (Wildman–Crippen LogP) is 2.08. The minimum absolute atomic E-state index is 0.0920. The molecule has 0 radical (unpaired) electrons. The van der Waals surface area contributed by atoms with Crippen LogP contribution >= 0.6 is 11.9 Å². The summed E-state index contributed by atoms with van der Waals surface area (Å²) in [4.78, 5) is 22.1. The van der Waals surface area contributed by atoms with Gasteiger partial charge in [0.2, 0.25) is 0 Å². The molecular formula is C8H13ClO3. The van der Waals surface area contributed by atoms with Crippen LogP contribution in [0.1, 0.15) is 33.1 Å². The normalized spacial score (nSPS) is 12.2. The Morgan fingerprint density at radius 2 is 2.00 bits per heavy atom. The number of hydrogen-bond acceptors (Lipinski definition) is 3. The third-order valence-electron chi connectivity index (χ3n) is 1.65. The van der Waals surface area contributed by atoms with Gasteiger partial charge in [-0.05, 0) is 12.8 Å². The first kappa shape index (κ1) is 11.4. The molecule has 0 rings (SSSR count). The molecule has 0 aromatic carbocycles. The lowest BCUT2D eigenvalue weighted by molar-refractivity contribution is -0.143. The van der Waals surface area contributed by atoms with E-state index in [1.807, 2.05) is 6.92 Å². The molecule has 4 heteroatoms. The van der Waals surface area contributed by atoms with Gasteiger partial charge in [-0.2, -0.15) is 0 Å². The standard InChI is InChI=1S/C8H13ClO3/c1-3-5-7(10)6(4-2)8(11)12-9/h6H,3-5H2,1-2H3. The highest BCUT2D eigenvalue weighted by Crippen LogP contribution is 2.11. The number of carbonyl (C=O) groups is 2. The summed E-state index contributed by atoms with van der Waals surface area (Å²) >= 11 is 4.87. The summed E-state index contributed by atoms with van der Waals surface area (Å²) in [5.41, 5.74) is 0. The zero-order valence-electron chi connectivity index (χ0n) is 7.30. The van der Waals surface area contributed by atoms with Crippen molar-refractivity contribution in [1.82, 2.24) is 0 Å². The van der Waals surface area contributed by atoms with Crippen LogP contribution in [0, 0.1) is 5.92 Å². The molecule has 12 heavy (non-hydrogen) atoms. The quantitative estimate of drug-likeness (QED) is 0.627. The summed E-state index contributed by atoms with van der Waals surface area (Å²) in [5, 5.41) is 0. The van der Waals surface area contributed by atoms with Crippen LogP contribution in [0.25, 0.3) is 0 Å². The van der Waals surface area contributed by atoms with E-state index in [1.165, 1.54) is 0 Å². The first-order chi connectivity index (χ1) is 5.67. The highest BCUT2D eigenvalue weighted by molar-refractivity contribution is 6.15. The Hall–Kier alpha value is -0.570. The highest BCUT2D eigenvalue weighted by Gasteiger charge is 2.24. The molecule has 0 saturated heterocycles. The minimum atomic E-state index is -0.678. The van der Waals surface area contributed by atoms with Crippen molar-refractivity contribution in [2.45, 2.75) is 33.1 Å². The van der Waals surface area contributed by atoms with Crippen LogP contribution in [0.5, 0.6) is 0 Å². The molecule has 0 aromatic heterocycles. The van der Waals surface area contributed by atoms with E-state index in [1.54, 1.807) is 6.92 Å². The summed E-state index contributed by atoms with van der Waals surface area (Å²) in [6, 6.07) is 0. The van der Waals surface area contributed by atoms with E-state index in [4.69, 9.17) is 11.9 Å². The number of Topliss-reactive ketones (excluding diaryl/α,β-unsaturated/α-hetero) is 1. The summed E-state index contributed by atoms with van der Waals surface area (Å²) in [7, 11) is 0. The Balaban J connectivity index is 4.14. The van der Waals surface area contributed by atoms with Gasteiger partial charge in [0.25, 0.3) is 0 Å². The van der Waals surface area contributed by atoms with Crippen molar-refractivity contribution < 1.29 is 13.9 Å². The number of hydrogen-bond donors (Lipinski definition) is 0. The van der Waals surface area contributed by atoms with Crippen LogP contribution in [0.3, 0.4) is 0 Å². The summed E-state index contributed by atoms with van der Waals surface area (Å²) < 4.78 is 3.98. The molecule has 0 N–H and O–H groups in total. The van der Waals surface area contributed by atoms with Crippen molar-refractivity contribution in [3.63, 3.8) is 0 Å². The van der Waals surface area contributed by atoms with Crippen LogP contribution in [0.4, 0.5) is 0 Å².